The second-order valence-electron chi connectivity index (χ2n) is 4.95. The number of nitrogens with one attached hydrogen (secondary N) is 1. The smallest absolute Gasteiger partial charge is 0.390 e. The number of aromatic hydroxyl groups is 1. The van der Waals surface area contributed by atoms with Crippen LogP contribution < -0.4 is 5.32 Å². The summed E-state index contributed by atoms with van der Waals surface area (Å²) < 4.78 is 40.3. The average molecular weight is 599 g/mol. The molecule has 2 rings (SSSR count). The molecular formula is C13H17Cl2F3I2N2O. The minimum atomic E-state index is -4.27. The second-order valence-corrected chi connectivity index (χ2v) is 7.35. The summed E-state index contributed by atoms with van der Waals surface area (Å²) >= 11 is 4.01. The van der Waals surface area contributed by atoms with Crippen molar-refractivity contribution in [2.45, 2.75) is 18.6 Å². The van der Waals surface area contributed by atoms with Crippen molar-refractivity contribution >= 4 is 70.0 Å². The molecule has 0 aliphatic carbocycles. The average Bonchev–Trinajstić information content (AvgIpc) is 2.40. The van der Waals surface area contributed by atoms with Crippen molar-refractivity contribution < 1.29 is 18.3 Å². The maximum atomic E-state index is 13.0. The lowest BCUT2D eigenvalue weighted by molar-refractivity contribution is -0.148. The van der Waals surface area contributed by atoms with Crippen molar-refractivity contribution in [1.29, 1.82) is 0 Å². The van der Waals surface area contributed by atoms with Gasteiger partial charge in [0.2, 0.25) is 0 Å². The zero-order chi connectivity index (χ0) is 15.6. The second kappa shape index (κ2) is 10.0. The highest BCUT2D eigenvalue weighted by atomic mass is 127. The molecule has 0 amide bonds. The Morgan fingerprint density at radius 1 is 1.17 bits per heavy atom. The van der Waals surface area contributed by atoms with Crippen molar-refractivity contribution in [3.63, 3.8) is 0 Å². The van der Waals surface area contributed by atoms with E-state index in [9.17, 15) is 18.3 Å². The molecule has 3 nitrogen and oxygen atoms in total. The molecule has 1 aromatic rings. The molecule has 1 aromatic carbocycles. The van der Waals surface area contributed by atoms with Gasteiger partial charge in [0.1, 0.15) is 5.75 Å². The molecule has 2 N–H and O–H groups in total. The van der Waals surface area contributed by atoms with Crippen LogP contribution in [0.3, 0.4) is 0 Å². The molecule has 0 bridgehead atoms. The first kappa shape index (κ1) is 23.8. The summed E-state index contributed by atoms with van der Waals surface area (Å²) in [4.78, 5) is 1.80. The van der Waals surface area contributed by atoms with E-state index < -0.39 is 18.6 Å². The zero-order valence-corrected chi connectivity index (χ0v) is 17.8. The van der Waals surface area contributed by atoms with Gasteiger partial charge in [0.05, 0.1) is 9.99 Å². The predicted octanol–water partition coefficient (Wildman–Crippen LogP) is 4.34. The van der Waals surface area contributed by atoms with E-state index in [1.807, 2.05) is 22.6 Å². The van der Waals surface area contributed by atoms with Crippen LogP contribution in [0.5, 0.6) is 5.75 Å². The summed E-state index contributed by atoms with van der Waals surface area (Å²) in [5.41, 5.74) is 0.366. The molecule has 0 aromatic heterocycles. The Balaban J connectivity index is 0.00000242. The van der Waals surface area contributed by atoms with Crippen LogP contribution >= 0.6 is 70.0 Å². The van der Waals surface area contributed by atoms with Gasteiger partial charge in [-0.05, 0) is 57.3 Å². The SMILES string of the molecule is Cl.Cl.Oc1c(I)cc(I)cc1[C@H](CC(F)(F)F)N1CCNCC1. The zero-order valence-electron chi connectivity index (χ0n) is 11.9. The van der Waals surface area contributed by atoms with E-state index in [1.165, 1.54) is 0 Å². The van der Waals surface area contributed by atoms with Crippen LogP contribution in [0.15, 0.2) is 12.1 Å². The molecular weight excluding hydrogens is 582 g/mol. The fraction of sp³-hybridized carbons (Fsp3) is 0.538. The maximum absolute atomic E-state index is 13.0. The largest absolute Gasteiger partial charge is 0.506 e. The van der Waals surface area contributed by atoms with Crippen LogP contribution in [0.25, 0.3) is 0 Å². The van der Waals surface area contributed by atoms with Gasteiger partial charge in [0.25, 0.3) is 0 Å². The Bertz CT molecular complexity index is 515. The fourth-order valence-corrected chi connectivity index (χ4v) is 4.38. The summed E-state index contributed by atoms with van der Waals surface area (Å²) in [7, 11) is 0. The van der Waals surface area contributed by atoms with Crippen molar-refractivity contribution in [3.05, 3.63) is 24.8 Å². The molecule has 1 fully saturated rings. The summed E-state index contributed by atoms with van der Waals surface area (Å²) in [6.07, 6.45) is -5.22. The maximum Gasteiger partial charge on any atom is 0.390 e. The van der Waals surface area contributed by atoms with Gasteiger partial charge >= 0.3 is 6.18 Å². The third-order valence-corrected chi connectivity index (χ3v) is 4.88. The van der Waals surface area contributed by atoms with E-state index in [4.69, 9.17) is 0 Å². The first-order valence-corrected chi connectivity index (χ1v) is 8.63. The highest BCUT2D eigenvalue weighted by molar-refractivity contribution is 14.1. The Morgan fingerprint density at radius 3 is 2.26 bits per heavy atom. The molecule has 1 aliphatic rings. The van der Waals surface area contributed by atoms with Crippen molar-refractivity contribution in [2.75, 3.05) is 26.2 Å². The van der Waals surface area contributed by atoms with Gasteiger partial charge in [0.15, 0.2) is 0 Å². The lowest BCUT2D eigenvalue weighted by atomic mass is 10.00. The molecule has 0 radical (unpaired) electrons. The standard InChI is InChI=1S/C13H15F3I2N2O.2ClH/c14-13(15,16)7-11(20-3-1-19-2-4-20)9-5-8(17)6-10(18)12(9)21;;/h5-6,11,19,21H,1-4,7H2;2*1H/t11-;;/m0../s1. The molecule has 0 spiro atoms. The number of piperazine rings is 1. The van der Waals surface area contributed by atoms with Gasteiger partial charge < -0.3 is 10.4 Å². The third kappa shape index (κ3) is 6.89. The van der Waals surface area contributed by atoms with E-state index >= 15 is 0 Å². The lowest BCUT2D eigenvalue weighted by Gasteiger charge is -2.36. The van der Waals surface area contributed by atoms with Crippen LogP contribution in [0.2, 0.25) is 0 Å². The van der Waals surface area contributed by atoms with Crippen molar-refractivity contribution in [3.8, 4) is 5.75 Å². The summed E-state index contributed by atoms with van der Waals surface area (Å²) in [5.74, 6) is -0.0381. The van der Waals surface area contributed by atoms with Gasteiger partial charge in [-0.25, -0.2) is 0 Å². The fourth-order valence-electron chi connectivity index (χ4n) is 2.49. The van der Waals surface area contributed by atoms with Crippen molar-refractivity contribution in [1.82, 2.24) is 10.2 Å². The van der Waals surface area contributed by atoms with Gasteiger partial charge in [-0.2, -0.15) is 13.2 Å². The monoisotopic (exact) mass is 598 g/mol. The first-order valence-electron chi connectivity index (χ1n) is 6.47. The van der Waals surface area contributed by atoms with Crippen LogP contribution in [0.1, 0.15) is 18.0 Å². The lowest BCUT2D eigenvalue weighted by Crippen LogP contribution is -2.46. The summed E-state index contributed by atoms with van der Waals surface area (Å²) in [5, 5.41) is 13.3. The highest BCUT2D eigenvalue weighted by Gasteiger charge is 2.37. The normalized spacial score (nSPS) is 17.1. The molecule has 1 atom stereocenters. The van der Waals surface area contributed by atoms with Crippen LogP contribution in [0, 0.1) is 7.14 Å². The van der Waals surface area contributed by atoms with E-state index in [2.05, 4.69) is 27.9 Å². The Morgan fingerprint density at radius 2 is 1.74 bits per heavy atom. The number of rotatable bonds is 3. The number of nitrogens with zero attached hydrogens (tertiary/aromatic N) is 1. The Hall–Kier alpha value is 0.770. The van der Waals surface area contributed by atoms with E-state index in [0.717, 1.165) is 3.57 Å². The molecule has 23 heavy (non-hydrogen) atoms. The minimum Gasteiger partial charge on any atom is -0.506 e. The molecule has 0 saturated carbocycles. The number of hydrogen-bond donors (Lipinski definition) is 2. The summed E-state index contributed by atoms with van der Waals surface area (Å²) in [6, 6.07) is 2.56. The van der Waals surface area contributed by atoms with Crippen LogP contribution in [-0.4, -0.2) is 42.4 Å². The number of phenols is 1. The molecule has 134 valence electrons. The minimum absolute atomic E-state index is 0. The summed E-state index contributed by atoms with van der Waals surface area (Å²) in [6.45, 7) is 2.41. The van der Waals surface area contributed by atoms with Gasteiger partial charge in [-0.15, -0.1) is 24.8 Å². The van der Waals surface area contributed by atoms with Crippen molar-refractivity contribution in [2.24, 2.45) is 0 Å². The quantitative estimate of drug-likeness (QED) is 0.509. The topological polar surface area (TPSA) is 35.5 Å². The first-order chi connectivity index (χ1) is 9.78. The Kier molecular flexibility index (Phi) is 10.4. The van der Waals surface area contributed by atoms with E-state index in [-0.39, 0.29) is 30.6 Å². The van der Waals surface area contributed by atoms with Gasteiger partial charge in [0, 0.05) is 41.4 Å². The predicted molar refractivity (Wildman–Crippen MR) is 106 cm³/mol. The third-order valence-electron chi connectivity index (χ3n) is 3.43. The number of hydrogen-bond acceptors (Lipinski definition) is 3. The van der Waals surface area contributed by atoms with Gasteiger partial charge in [-0.1, -0.05) is 0 Å². The molecule has 1 aliphatic heterocycles. The Labute approximate surface area is 172 Å². The van der Waals surface area contributed by atoms with Crippen LogP contribution in [0.4, 0.5) is 13.2 Å². The number of phenolic OH excluding ortho intramolecular Hbond substituents is 1. The molecule has 1 saturated heterocycles. The number of alkyl halides is 3. The molecule has 10 heteroatoms. The highest BCUT2D eigenvalue weighted by Crippen LogP contribution is 2.40. The van der Waals surface area contributed by atoms with Gasteiger partial charge in [-0.3, -0.25) is 4.90 Å². The molecule has 0 unspecified atom stereocenters. The molecule has 1 heterocycles. The van der Waals surface area contributed by atoms with E-state index in [0.29, 0.717) is 35.3 Å². The number of halogens is 7. The number of benzene rings is 1. The van der Waals surface area contributed by atoms with E-state index in [1.54, 1.807) is 17.0 Å². The van der Waals surface area contributed by atoms with Crippen LogP contribution in [-0.2, 0) is 0 Å².